The van der Waals surface area contributed by atoms with E-state index in [-0.39, 0.29) is 11.8 Å². The van der Waals surface area contributed by atoms with E-state index in [4.69, 9.17) is 11.6 Å². The van der Waals surface area contributed by atoms with Crippen molar-refractivity contribution < 1.29 is 9.59 Å². The molecule has 0 atom stereocenters. The Morgan fingerprint density at radius 3 is 1.63 bits per heavy atom. The fourth-order valence-electron chi connectivity index (χ4n) is 2.75. The Balaban J connectivity index is 1.66. The summed E-state index contributed by atoms with van der Waals surface area (Å²) in [6, 6.07) is 19.3. The van der Waals surface area contributed by atoms with E-state index < -0.39 is 0 Å². The normalized spacial score (nSPS) is 10.3. The van der Waals surface area contributed by atoms with Gasteiger partial charge >= 0.3 is 0 Å². The summed E-state index contributed by atoms with van der Waals surface area (Å²) in [7, 11) is 0. The number of nitrogens with one attached hydrogen (secondary N) is 2. The minimum atomic E-state index is -0.232. The van der Waals surface area contributed by atoms with Crippen LogP contribution in [0.2, 0.25) is 5.02 Å². The summed E-state index contributed by atoms with van der Waals surface area (Å²) in [6.45, 7) is 3.91. The summed E-state index contributed by atoms with van der Waals surface area (Å²) in [4.78, 5) is 24.7. The predicted molar refractivity (Wildman–Crippen MR) is 110 cm³/mol. The number of halogens is 1. The molecule has 4 nitrogen and oxygen atoms in total. The van der Waals surface area contributed by atoms with E-state index in [1.165, 1.54) is 0 Å². The highest BCUT2D eigenvalue weighted by atomic mass is 35.5. The van der Waals surface area contributed by atoms with E-state index in [0.717, 1.165) is 11.1 Å². The summed E-state index contributed by atoms with van der Waals surface area (Å²) in [6.07, 6.45) is 0. The van der Waals surface area contributed by atoms with Crippen molar-refractivity contribution in [2.75, 3.05) is 10.6 Å². The molecule has 0 radical (unpaired) electrons. The summed E-state index contributed by atoms with van der Waals surface area (Å²) in [5, 5.41) is 6.26. The van der Waals surface area contributed by atoms with E-state index in [1.807, 2.05) is 32.0 Å². The number of carbonyl (C=O) groups excluding carboxylic acids is 2. The van der Waals surface area contributed by atoms with Crippen LogP contribution in [0.3, 0.4) is 0 Å². The molecule has 0 heterocycles. The highest BCUT2D eigenvalue weighted by Gasteiger charge is 2.09. The fraction of sp³-hybridized carbons (Fsp3) is 0.0909. The van der Waals surface area contributed by atoms with Crippen LogP contribution in [0.15, 0.2) is 66.7 Å². The molecule has 2 amide bonds. The van der Waals surface area contributed by atoms with Crippen LogP contribution >= 0.6 is 11.6 Å². The van der Waals surface area contributed by atoms with Crippen molar-refractivity contribution in [1.82, 2.24) is 0 Å². The number of anilines is 2. The Kier molecular flexibility index (Phi) is 5.57. The molecule has 3 aromatic carbocycles. The van der Waals surface area contributed by atoms with Crippen molar-refractivity contribution in [3.8, 4) is 0 Å². The molecule has 27 heavy (non-hydrogen) atoms. The van der Waals surface area contributed by atoms with Gasteiger partial charge in [-0.2, -0.15) is 0 Å². The highest BCUT2D eigenvalue weighted by Crippen LogP contribution is 2.17. The van der Waals surface area contributed by atoms with Gasteiger partial charge in [-0.25, -0.2) is 0 Å². The van der Waals surface area contributed by atoms with Crippen LogP contribution in [0.25, 0.3) is 0 Å². The van der Waals surface area contributed by atoms with Crippen molar-refractivity contribution in [2.45, 2.75) is 13.8 Å². The van der Waals surface area contributed by atoms with Crippen LogP contribution in [0.5, 0.6) is 0 Å². The lowest BCUT2D eigenvalue weighted by Crippen LogP contribution is -2.14. The van der Waals surface area contributed by atoms with Gasteiger partial charge in [-0.15, -0.1) is 0 Å². The fourth-order valence-corrected chi connectivity index (χ4v) is 2.88. The van der Waals surface area contributed by atoms with E-state index in [0.29, 0.717) is 27.5 Å². The smallest absolute Gasteiger partial charge is 0.255 e. The van der Waals surface area contributed by atoms with Gasteiger partial charge in [0.1, 0.15) is 0 Å². The molecule has 0 aromatic heterocycles. The molecule has 0 aliphatic carbocycles. The zero-order valence-corrected chi connectivity index (χ0v) is 15.8. The molecule has 0 bridgehead atoms. The molecular weight excluding hydrogens is 360 g/mol. The third-order valence-corrected chi connectivity index (χ3v) is 4.24. The molecule has 0 saturated heterocycles. The number of rotatable bonds is 4. The summed E-state index contributed by atoms with van der Waals surface area (Å²) < 4.78 is 0. The predicted octanol–water partition coefficient (Wildman–Crippen LogP) is 5.46. The first-order chi connectivity index (χ1) is 12.9. The Morgan fingerprint density at radius 1 is 0.667 bits per heavy atom. The molecular formula is C22H19ClN2O2. The monoisotopic (exact) mass is 378 g/mol. The second-order valence-corrected chi connectivity index (χ2v) is 6.81. The molecule has 3 aromatic rings. The van der Waals surface area contributed by atoms with Crippen molar-refractivity contribution in [3.63, 3.8) is 0 Å². The third-order valence-electron chi connectivity index (χ3n) is 3.99. The van der Waals surface area contributed by atoms with Gasteiger partial charge in [0.25, 0.3) is 11.8 Å². The van der Waals surface area contributed by atoms with Crippen LogP contribution in [0.4, 0.5) is 11.4 Å². The van der Waals surface area contributed by atoms with Gasteiger partial charge in [-0.05, 0) is 74.5 Å². The van der Waals surface area contributed by atoms with Crippen LogP contribution in [0, 0.1) is 13.8 Å². The van der Waals surface area contributed by atoms with Crippen molar-refractivity contribution in [2.24, 2.45) is 0 Å². The van der Waals surface area contributed by atoms with Crippen molar-refractivity contribution >= 4 is 34.8 Å². The van der Waals surface area contributed by atoms with E-state index in [1.54, 1.807) is 48.5 Å². The summed E-state index contributed by atoms with van der Waals surface area (Å²) in [5.41, 5.74) is 4.47. The van der Waals surface area contributed by atoms with Crippen molar-refractivity contribution in [3.05, 3.63) is 94.0 Å². The Bertz CT molecular complexity index is 960. The third kappa shape index (κ3) is 4.96. The first-order valence-corrected chi connectivity index (χ1v) is 8.85. The van der Waals surface area contributed by atoms with Gasteiger partial charge in [0, 0.05) is 27.5 Å². The Labute approximate surface area is 163 Å². The molecule has 0 aliphatic rings. The van der Waals surface area contributed by atoms with Gasteiger partial charge in [-0.1, -0.05) is 28.8 Å². The quantitative estimate of drug-likeness (QED) is 0.633. The van der Waals surface area contributed by atoms with Crippen LogP contribution in [-0.2, 0) is 0 Å². The molecule has 2 N–H and O–H groups in total. The minimum absolute atomic E-state index is 0.180. The molecule has 0 saturated carbocycles. The number of amides is 2. The van der Waals surface area contributed by atoms with Crippen LogP contribution in [0.1, 0.15) is 31.8 Å². The zero-order chi connectivity index (χ0) is 19.4. The van der Waals surface area contributed by atoms with Gasteiger partial charge in [0.15, 0.2) is 0 Å². The molecule has 0 spiro atoms. The Morgan fingerprint density at radius 2 is 1.11 bits per heavy atom. The molecule has 136 valence electrons. The molecule has 0 unspecified atom stereocenters. The number of hydrogen-bond acceptors (Lipinski definition) is 2. The van der Waals surface area contributed by atoms with Crippen molar-refractivity contribution in [1.29, 1.82) is 0 Å². The lowest BCUT2D eigenvalue weighted by Gasteiger charge is -2.09. The SMILES string of the molecule is Cc1cc(C)cc(C(=O)Nc2ccc(C(=O)Nc3ccc(Cl)cc3)cc2)c1. The average Bonchev–Trinajstić information content (AvgIpc) is 2.63. The Hall–Kier alpha value is -3.11. The summed E-state index contributed by atoms with van der Waals surface area (Å²) >= 11 is 5.84. The second kappa shape index (κ2) is 8.06. The zero-order valence-electron chi connectivity index (χ0n) is 15.0. The molecule has 0 fully saturated rings. The minimum Gasteiger partial charge on any atom is -0.322 e. The lowest BCUT2D eigenvalue weighted by molar-refractivity contribution is 0.102. The average molecular weight is 379 g/mol. The largest absolute Gasteiger partial charge is 0.322 e. The maximum Gasteiger partial charge on any atom is 0.255 e. The van der Waals surface area contributed by atoms with Gasteiger partial charge in [-0.3, -0.25) is 9.59 Å². The van der Waals surface area contributed by atoms with Gasteiger partial charge in [0.05, 0.1) is 0 Å². The van der Waals surface area contributed by atoms with Gasteiger partial charge in [0.2, 0.25) is 0 Å². The van der Waals surface area contributed by atoms with E-state index >= 15 is 0 Å². The number of hydrogen-bond donors (Lipinski definition) is 2. The first kappa shape index (κ1) is 18.7. The van der Waals surface area contributed by atoms with E-state index in [9.17, 15) is 9.59 Å². The highest BCUT2D eigenvalue weighted by molar-refractivity contribution is 6.30. The first-order valence-electron chi connectivity index (χ1n) is 8.47. The lowest BCUT2D eigenvalue weighted by atomic mass is 10.1. The number of benzene rings is 3. The number of aryl methyl sites for hydroxylation is 2. The standard InChI is InChI=1S/C22H19ClN2O2/c1-14-11-15(2)13-17(12-14)22(27)25-19-7-3-16(4-8-19)21(26)24-20-9-5-18(23)6-10-20/h3-13H,1-2H3,(H,24,26)(H,25,27). The second-order valence-electron chi connectivity index (χ2n) is 6.37. The molecule has 3 rings (SSSR count). The maximum absolute atomic E-state index is 12.4. The number of carbonyl (C=O) groups is 2. The van der Waals surface area contributed by atoms with Crippen LogP contribution in [-0.4, -0.2) is 11.8 Å². The molecule has 0 aliphatic heterocycles. The maximum atomic E-state index is 12.4. The van der Waals surface area contributed by atoms with Gasteiger partial charge < -0.3 is 10.6 Å². The van der Waals surface area contributed by atoms with E-state index in [2.05, 4.69) is 10.6 Å². The molecule has 5 heteroatoms. The van der Waals surface area contributed by atoms with Crippen LogP contribution < -0.4 is 10.6 Å². The summed E-state index contributed by atoms with van der Waals surface area (Å²) in [5.74, 6) is -0.412. The topological polar surface area (TPSA) is 58.2 Å².